The molecule has 4 nitrogen and oxygen atoms in total. The molecule has 0 amide bonds. The van der Waals surface area contributed by atoms with E-state index in [1.165, 1.54) is 6.26 Å². The first-order valence-corrected chi connectivity index (χ1v) is 4.25. The van der Waals surface area contributed by atoms with Gasteiger partial charge in [0.2, 0.25) is 0 Å². The van der Waals surface area contributed by atoms with Crippen LogP contribution in [0.15, 0.2) is 24.0 Å². The average Bonchev–Trinajstić information content (AvgIpc) is 2.12. The Hall–Kier alpha value is -1.58. The normalized spacial score (nSPS) is 9.64. The Morgan fingerprint density at radius 2 is 1.71 bits per heavy atom. The number of carbonyl (C=O) groups excluding carboxylic acids is 2. The maximum Gasteiger partial charge on any atom is 0.335 e. The molecular formula is C10H14O4. The average molecular weight is 198 g/mol. The molecule has 0 aromatic heterocycles. The zero-order chi connectivity index (χ0) is 11.0. The van der Waals surface area contributed by atoms with Gasteiger partial charge >= 0.3 is 11.9 Å². The van der Waals surface area contributed by atoms with Crippen LogP contribution in [-0.4, -0.2) is 18.5 Å². The summed E-state index contributed by atoms with van der Waals surface area (Å²) in [5.41, 5.74) is 0.864. The van der Waals surface area contributed by atoms with Crippen LogP contribution in [-0.2, 0) is 19.1 Å². The van der Waals surface area contributed by atoms with Crippen LogP contribution in [0.4, 0.5) is 0 Å². The van der Waals surface area contributed by atoms with Crippen molar-refractivity contribution in [2.75, 3.05) is 6.61 Å². The summed E-state index contributed by atoms with van der Waals surface area (Å²) in [6.07, 6.45) is 3.37. The number of hydrogen-bond acceptors (Lipinski definition) is 4. The molecule has 0 radical (unpaired) electrons. The number of ether oxygens (including phenoxy) is 2. The van der Waals surface area contributed by atoms with Gasteiger partial charge in [0.25, 0.3) is 0 Å². The predicted molar refractivity (Wildman–Crippen MR) is 51.3 cm³/mol. The largest absolute Gasteiger partial charge is 0.463 e. The fourth-order valence-electron chi connectivity index (χ4n) is 0.542. The Morgan fingerprint density at radius 3 is 2.21 bits per heavy atom. The topological polar surface area (TPSA) is 52.6 Å². The van der Waals surface area contributed by atoms with Crippen LogP contribution in [0, 0.1) is 0 Å². The highest BCUT2D eigenvalue weighted by atomic mass is 16.5. The lowest BCUT2D eigenvalue weighted by Crippen LogP contribution is -2.01. The fourth-order valence-corrected chi connectivity index (χ4v) is 0.542. The van der Waals surface area contributed by atoms with Crippen LogP contribution in [0.25, 0.3) is 0 Å². The summed E-state index contributed by atoms with van der Waals surface area (Å²) in [5, 5.41) is 0. The molecule has 0 aliphatic carbocycles. The van der Waals surface area contributed by atoms with Gasteiger partial charge in [-0.1, -0.05) is 0 Å². The van der Waals surface area contributed by atoms with Gasteiger partial charge in [0, 0.05) is 12.2 Å². The van der Waals surface area contributed by atoms with Crippen LogP contribution in [0.2, 0.25) is 0 Å². The first kappa shape index (κ1) is 12.4. The molecule has 0 bridgehead atoms. The fraction of sp³-hybridized carbons (Fsp3) is 0.400. The maximum atomic E-state index is 10.9. The van der Waals surface area contributed by atoms with Gasteiger partial charge in [-0.15, -0.1) is 0 Å². The first-order valence-electron chi connectivity index (χ1n) is 4.25. The molecule has 14 heavy (non-hydrogen) atoms. The summed E-state index contributed by atoms with van der Waals surface area (Å²) < 4.78 is 9.21. The lowest BCUT2D eigenvalue weighted by atomic mass is 10.4. The SMILES string of the molecule is CCOC(=O)/C=C\C(=O)OC=C(C)C. The molecule has 0 aliphatic rings. The molecule has 0 fully saturated rings. The predicted octanol–water partition coefficient (Wildman–Crippen LogP) is 1.57. The van der Waals surface area contributed by atoms with E-state index in [0.29, 0.717) is 0 Å². The van der Waals surface area contributed by atoms with Crippen molar-refractivity contribution in [3.63, 3.8) is 0 Å². The lowest BCUT2D eigenvalue weighted by Gasteiger charge is -1.95. The van der Waals surface area contributed by atoms with Crippen molar-refractivity contribution in [2.45, 2.75) is 20.8 Å². The van der Waals surface area contributed by atoms with Gasteiger partial charge in [-0.3, -0.25) is 0 Å². The quantitative estimate of drug-likeness (QED) is 0.391. The minimum absolute atomic E-state index is 0.284. The first-order chi connectivity index (χ1) is 6.56. The molecule has 0 N–H and O–H groups in total. The highest BCUT2D eigenvalue weighted by molar-refractivity contribution is 5.91. The van der Waals surface area contributed by atoms with E-state index in [4.69, 9.17) is 0 Å². The van der Waals surface area contributed by atoms with Gasteiger partial charge in [0.15, 0.2) is 0 Å². The third-order valence-electron chi connectivity index (χ3n) is 1.05. The van der Waals surface area contributed by atoms with Crippen molar-refractivity contribution in [2.24, 2.45) is 0 Å². The van der Waals surface area contributed by atoms with E-state index in [1.807, 2.05) is 0 Å². The van der Waals surface area contributed by atoms with E-state index < -0.39 is 11.9 Å². The zero-order valence-electron chi connectivity index (χ0n) is 8.57. The van der Waals surface area contributed by atoms with Gasteiger partial charge in [-0.2, -0.15) is 0 Å². The smallest absolute Gasteiger partial charge is 0.335 e. The van der Waals surface area contributed by atoms with Gasteiger partial charge in [-0.05, 0) is 26.3 Å². The Morgan fingerprint density at radius 1 is 1.14 bits per heavy atom. The summed E-state index contributed by atoms with van der Waals surface area (Å²) in [5.74, 6) is -1.15. The molecule has 0 saturated carbocycles. The van der Waals surface area contributed by atoms with Crippen LogP contribution in [0.1, 0.15) is 20.8 Å². The number of allylic oxidation sites excluding steroid dienone is 1. The minimum atomic E-state index is -0.598. The molecular weight excluding hydrogens is 184 g/mol. The second-order valence-electron chi connectivity index (χ2n) is 2.72. The number of carbonyl (C=O) groups is 2. The Bertz CT molecular complexity index is 259. The Balaban J connectivity index is 3.93. The highest BCUT2D eigenvalue weighted by Gasteiger charge is 1.97. The second-order valence-corrected chi connectivity index (χ2v) is 2.72. The van der Waals surface area contributed by atoms with Gasteiger partial charge in [0.05, 0.1) is 12.9 Å². The summed E-state index contributed by atoms with van der Waals surface area (Å²) in [6.45, 7) is 5.56. The molecule has 78 valence electrons. The molecule has 0 aliphatic heterocycles. The summed E-state index contributed by atoms with van der Waals surface area (Å²) in [7, 11) is 0. The van der Waals surface area contributed by atoms with Crippen LogP contribution >= 0.6 is 0 Å². The van der Waals surface area contributed by atoms with Crippen molar-refractivity contribution < 1.29 is 19.1 Å². The van der Waals surface area contributed by atoms with E-state index in [2.05, 4.69) is 9.47 Å². The molecule has 0 aromatic rings. The molecule has 0 heterocycles. The van der Waals surface area contributed by atoms with E-state index in [-0.39, 0.29) is 6.61 Å². The Kier molecular flexibility index (Phi) is 6.11. The zero-order valence-corrected chi connectivity index (χ0v) is 8.57. The second kappa shape index (κ2) is 6.88. The van der Waals surface area contributed by atoms with Crippen molar-refractivity contribution >= 4 is 11.9 Å². The van der Waals surface area contributed by atoms with Gasteiger partial charge < -0.3 is 9.47 Å². The van der Waals surface area contributed by atoms with Crippen molar-refractivity contribution in [1.29, 1.82) is 0 Å². The molecule has 0 atom stereocenters. The molecule has 0 rings (SSSR count). The van der Waals surface area contributed by atoms with E-state index in [0.717, 1.165) is 17.7 Å². The molecule has 0 saturated heterocycles. The number of rotatable bonds is 4. The number of hydrogen-bond donors (Lipinski definition) is 0. The van der Waals surface area contributed by atoms with Crippen molar-refractivity contribution in [1.82, 2.24) is 0 Å². The molecule has 0 aromatic carbocycles. The Labute approximate surface area is 83.2 Å². The van der Waals surface area contributed by atoms with E-state index >= 15 is 0 Å². The van der Waals surface area contributed by atoms with Crippen LogP contribution < -0.4 is 0 Å². The summed E-state index contributed by atoms with van der Waals surface area (Å²) in [6, 6.07) is 0. The monoisotopic (exact) mass is 198 g/mol. The lowest BCUT2D eigenvalue weighted by molar-refractivity contribution is -0.138. The third-order valence-corrected chi connectivity index (χ3v) is 1.05. The van der Waals surface area contributed by atoms with Crippen molar-refractivity contribution in [3.8, 4) is 0 Å². The van der Waals surface area contributed by atoms with Crippen LogP contribution in [0.3, 0.4) is 0 Å². The third kappa shape index (κ3) is 7.09. The summed E-state index contributed by atoms with van der Waals surface area (Å²) in [4.78, 5) is 21.6. The van der Waals surface area contributed by atoms with E-state index in [9.17, 15) is 9.59 Å². The van der Waals surface area contributed by atoms with E-state index in [1.54, 1.807) is 20.8 Å². The standard InChI is InChI=1S/C10H14O4/c1-4-13-9(11)5-6-10(12)14-7-8(2)3/h5-7H,4H2,1-3H3/b6-5-. The molecule has 0 unspecified atom stereocenters. The highest BCUT2D eigenvalue weighted by Crippen LogP contribution is 1.91. The van der Waals surface area contributed by atoms with Crippen LogP contribution in [0.5, 0.6) is 0 Å². The minimum Gasteiger partial charge on any atom is -0.463 e. The van der Waals surface area contributed by atoms with Gasteiger partial charge in [0.1, 0.15) is 0 Å². The van der Waals surface area contributed by atoms with Crippen molar-refractivity contribution in [3.05, 3.63) is 24.0 Å². The molecule has 4 heteroatoms. The van der Waals surface area contributed by atoms with Gasteiger partial charge in [-0.25, -0.2) is 9.59 Å². The number of esters is 2. The molecule has 0 spiro atoms. The maximum absolute atomic E-state index is 10.9. The summed E-state index contributed by atoms with van der Waals surface area (Å²) >= 11 is 0.